The molecule has 2 heterocycles. The molecule has 1 N–H and O–H groups in total. The van der Waals surface area contributed by atoms with Gasteiger partial charge in [0.2, 0.25) is 10.0 Å². The Morgan fingerprint density at radius 3 is 2.35 bits per heavy atom. The molecule has 0 radical (unpaired) electrons. The summed E-state index contributed by atoms with van der Waals surface area (Å²) in [6.07, 6.45) is 0.689. The van der Waals surface area contributed by atoms with Crippen molar-refractivity contribution in [3.63, 3.8) is 0 Å². The second kappa shape index (κ2) is 9.13. The van der Waals surface area contributed by atoms with Gasteiger partial charge in [-0.05, 0) is 48.7 Å². The second-order valence-electron chi connectivity index (χ2n) is 8.13. The fourth-order valence-electron chi connectivity index (χ4n) is 4.09. The lowest BCUT2D eigenvalue weighted by molar-refractivity contribution is 0.102. The van der Waals surface area contributed by atoms with Crippen LogP contribution in [0.5, 0.6) is 0 Å². The highest BCUT2D eigenvalue weighted by Gasteiger charge is 2.28. The lowest BCUT2D eigenvalue weighted by Gasteiger charge is -2.28. The van der Waals surface area contributed by atoms with E-state index in [2.05, 4.69) is 10.3 Å². The van der Waals surface area contributed by atoms with Gasteiger partial charge >= 0.3 is 0 Å². The van der Waals surface area contributed by atoms with Crippen molar-refractivity contribution in [2.45, 2.75) is 24.8 Å². The van der Waals surface area contributed by atoms with Gasteiger partial charge < -0.3 is 0 Å². The minimum absolute atomic E-state index is 0.180. The van der Waals surface area contributed by atoms with E-state index < -0.39 is 10.0 Å². The van der Waals surface area contributed by atoms with Crippen LogP contribution in [0.3, 0.4) is 0 Å². The fraction of sp³-hybridized carbons (Fsp3) is 0.154. The van der Waals surface area contributed by atoms with E-state index in [-0.39, 0.29) is 10.8 Å². The van der Waals surface area contributed by atoms with E-state index in [0.29, 0.717) is 30.2 Å². The Hall–Kier alpha value is -3.33. The number of thiazole rings is 1. The minimum atomic E-state index is -3.65. The molecule has 0 saturated heterocycles. The van der Waals surface area contributed by atoms with Gasteiger partial charge in [-0.1, -0.05) is 54.6 Å². The molecule has 1 amide bonds. The number of amides is 1. The minimum Gasteiger partial charge on any atom is -0.298 e. The van der Waals surface area contributed by atoms with Crippen molar-refractivity contribution in [1.82, 2.24) is 9.29 Å². The Morgan fingerprint density at radius 2 is 1.62 bits per heavy atom. The average molecular weight is 490 g/mol. The Balaban J connectivity index is 1.30. The number of carbonyl (C=O) groups excluding carboxylic acids is 1. The van der Waals surface area contributed by atoms with E-state index in [9.17, 15) is 13.2 Å². The zero-order chi connectivity index (χ0) is 23.7. The third kappa shape index (κ3) is 4.40. The number of nitrogens with one attached hydrogen (secondary N) is 1. The summed E-state index contributed by atoms with van der Waals surface area (Å²) in [6.45, 7) is 2.76. The van der Waals surface area contributed by atoms with Crippen molar-refractivity contribution in [3.8, 4) is 11.3 Å². The summed E-state index contributed by atoms with van der Waals surface area (Å²) in [4.78, 5) is 18.5. The lowest BCUT2D eigenvalue weighted by atomic mass is 10.0. The summed E-state index contributed by atoms with van der Waals surface area (Å²) in [5.74, 6) is -0.329. The van der Waals surface area contributed by atoms with E-state index in [1.165, 1.54) is 33.3 Å². The van der Waals surface area contributed by atoms with Crippen LogP contribution in [0.1, 0.15) is 26.4 Å². The molecular weight excluding hydrogens is 466 g/mol. The first kappa shape index (κ1) is 22.5. The van der Waals surface area contributed by atoms with Crippen LogP contribution in [0.2, 0.25) is 0 Å². The van der Waals surface area contributed by atoms with Crippen LogP contribution in [-0.2, 0) is 23.0 Å². The first-order valence-electron chi connectivity index (χ1n) is 10.9. The number of sulfonamides is 1. The molecule has 172 valence electrons. The van der Waals surface area contributed by atoms with E-state index in [1.54, 1.807) is 12.1 Å². The van der Waals surface area contributed by atoms with E-state index in [1.807, 2.05) is 61.5 Å². The van der Waals surface area contributed by atoms with Crippen molar-refractivity contribution in [1.29, 1.82) is 0 Å². The van der Waals surface area contributed by atoms with Crippen molar-refractivity contribution in [2.75, 3.05) is 11.9 Å². The van der Waals surface area contributed by atoms with Gasteiger partial charge in [0.1, 0.15) is 0 Å². The third-order valence-electron chi connectivity index (χ3n) is 5.91. The molecule has 0 aliphatic carbocycles. The number of anilines is 1. The lowest BCUT2D eigenvalue weighted by Crippen LogP contribution is -2.35. The molecule has 0 spiro atoms. The SMILES string of the molecule is Cc1sc(NC(=O)c2ccc(S(=O)(=O)N3CCc4ccccc4C3)cc2)nc1-c1ccccc1. The maximum Gasteiger partial charge on any atom is 0.257 e. The number of nitrogens with zero attached hydrogens (tertiary/aromatic N) is 2. The first-order chi connectivity index (χ1) is 16.4. The van der Waals surface area contributed by atoms with Crippen LogP contribution in [0.25, 0.3) is 11.3 Å². The molecule has 3 aromatic carbocycles. The Kier molecular flexibility index (Phi) is 6.03. The third-order valence-corrected chi connectivity index (χ3v) is 8.66. The van der Waals surface area contributed by atoms with Crippen LogP contribution in [0.4, 0.5) is 5.13 Å². The van der Waals surface area contributed by atoms with Crippen LogP contribution >= 0.6 is 11.3 Å². The summed E-state index contributed by atoms with van der Waals surface area (Å²) in [6, 6.07) is 23.8. The Bertz CT molecular complexity index is 1450. The van der Waals surface area contributed by atoms with Crippen molar-refractivity contribution in [3.05, 3.63) is 100 Å². The van der Waals surface area contributed by atoms with Crippen LogP contribution in [0, 0.1) is 6.92 Å². The number of benzene rings is 3. The Morgan fingerprint density at radius 1 is 0.941 bits per heavy atom. The standard InChI is InChI=1S/C26H23N3O3S2/c1-18-24(20-8-3-2-4-9-20)27-26(33-18)28-25(30)21-11-13-23(14-12-21)34(31,32)29-16-15-19-7-5-6-10-22(19)17-29/h2-14H,15-17H2,1H3,(H,27,28,30). The summed E-state index contributed by atoms with van der Waals surface area (Å²) >= 11 is 1.41. The highest BCUT2D eigenvalue weighted by molar-refractivity contribution is 7.89. The van der Waals surface area contributed by atoms with Gasteiger partial charge in [0, 0.05) is 29.1 Å². The normalized spacial score (nSPS) is 13.9. The van der Waals surface area contributed by atoms with Gasteiger partial charge in [-0.3, -0.25) is 10.1 Å². The number of rotatable bonds is 5. The number of carbonyl (C=O) groups is 1. The summed E-state index contributed by atoms with van der Waals surface area (Å²) < 4.78 is 27.8. The van der Waals surface area contributed by atoms with Crippen LogP contribution in [-0.4, -0.2) is 30.2 Å². The molecule has 0 unspecified atom stereocenters. The monoisotopic (exact) mass is 489 g/mol. The van der Waals surface area contributed by atoms with Crippen molar-refractivity contribution >= 4 is 32.4 Å². The van der Waals surface area contributed by atoms with Gasteiger partial charge in [0.05, 0.1) is 10.6 Å². The molecule has 1 aromatic heterocycles. The number of hydrogen-bond donors (Lipinski definition) is 1. The van der Waals surface area contributed by atoms with Crippen molar-refractivity contribution < 1.29 is 13.2 Å². The predicted molar refractivity (Wildman–Crippen MR) is 134 cm³/mol. The van der Waals surface area contributed by atoms with E-state index >= 15 is 0 Å². The summed E-state index contributed by atoms with van der Waals surface area (Å²) in [5.41, 5.74) is 4.42. The van der Waals surface area contributed by atoms with Gasteiger partial charge in [-0.2, -0.15) is 4.31 Å². The van der Waals surface area contributed by atoms with E-state index in [0.717, 1.165) is 21.7 Å². The zero-order valence-electron chi connectivity index (χ0n) is 18.6. The molecule has 1 aliphatic rings. The molecule has 1 aliphatic heterocycles. The van der Waals surface area contributed by atoms with Crippen LogP contribution in [0.15, 0.2) is 83.8 Å². The number of hydrogen-bond acceptors (Lipinski definition) is 5. The summed E-state index contributed by atoms with van der Waals surface area (Å²) in [5, 5.41) is 3.34. The molecule has 0 fully saturated rings. The largest absolute Gasteiger partial charge is 0.298 e. The molecule has 0 atom stereocenters. The molecule has 4 aromatic rings. The smallest absolute Gasteiger partial charge is 0.257 e. The molecular formula is C26H23N3O3S2. The maximum atomic E-state index is 13.2. The predicted octanol–water partition coefficient (Wildman–Crippen LogP) is 5.12. The average Bonchev–Trinajstić information content (AvgIpc) is 3.24. The number of aromatic nitrogens is 1. The van der Waals surface area contributed by atoms with Crippen molar-refractivity contribution in [2.24, 2.45) is 0 Å². The Labute approximate surface area is 203 Å². The maximum absolute atomic E-state index is 13.2. The highest BCUT2D eigenvalue weighted by Crippen LogP contribution is 2.30. The quantitative estimate of drug-likeness (QED) is 0.422. The van der Waals surface area contributed by atoms with Crippen LogP contribution < -0.4 is 5.32 Å². The molecule has 34 heavy (non-hydrogen) atoms. The molecule has 0 bridgehead atoms. The van der Waals surface area contributed by atoms with E-state index in [4.69, 9.17) is 0 Å². The summed E-state index contributed by atoms with van der Waals surface area (Å²) in [7, 11) is -3.65. The topological polar surface area (TPSA) is 79.4 Å². The molecule has 5 rings (SSSR count). The highest BCUT2D eigenvalue weighted by atomic mass is 32.2. The molecule has 8 heteroatoms. The molecule has 6 nitrogen and oxygen atoms in total. The number of aryl methyl sites for hydroxylation is 1. The fourth-order valence-corrected chi connectivity index (χ4v) is 6.34. The van der Waals surface area contributed by atoms with Gasteiger partial charge in [0.25, 0.3) is 5.91 Å². The van der Waals surface area contributed by atoms with Gasteiger partial charge in [-0.25, -0.2) is 13.4 Å². The van der Waals surface area contributed by atoms with Gasteiger partial charge in [0.15, 0.2) is 5.13 Å². The number of fused-ring (bicyclic) bond motifs is 1. The zero-order valence-corrected chi connectivity index (χ0v) is 20.2. The molecule has 0 saturated carbocycles. The first-order valence-corrected chi connectivity index (χ1v) is 13.2. The van der Waals surface area contributed by atoms with Gasteiger partial charge in [-0.15, -0.1) is 11.3 Å². The second-order valence-corrected chi connectivity index (χ2v) is 11.3.